The van der Waals surface area contributed by atoms with Crippen LogP contribution in [0.25, 0.3) is 0 Å². The Morgan fingerprint density at radius 2 is 2.33 bits per heavy atom. The number of nitrogens with one attached hydrogen (secondary N) is 1. The second-order valence-electron chi connectivity index (χ2n) is 5.27. The summed E-state index contributed by atoms with van der Waals surface area (Å²) in [6, 6.07) is 7.92. The van der Waals surface area contributed by atoms with E-state index in [4.69, 9.17) is 10.00 Å². The van der Waals surface area contributed by atoms with Crippen LogP contribution in [0.3, 0.4) is 0 Å². The molecular weight excluding hydrogens is 224 g/mol. The first-order valence-corrected chi connectivity index (χ1v) is 6.47. The molecule has 1 aromatic carbocycles. The normalized spacial score (nSPS) is 23.6. The van der Waals surface area contributed by atoms with Gasteiger partial charge < -0.3 is 10.1 Å². The lowest BCUT2D eigenvalue weighted by Gasteiger charge is -2.34. The highest BCUT2D eigenvalue weighted by Crippen LogP contribution is 2.22. The number of benzene rings is 1. The standard InChI is InChI=1S/C15H20N2O/c1-12-8-13(9-16)4-5-14(12)10-18-15(2)6-3-7-17-11-15/h4-5,8,17H,3,6-7,10-11H2,1-2H3. The van der Waals surface area contributed by atoms with Crippen molar-refractivity contribution < 1.29 is 4.74 Å². The predicted molar refractivity (Wildman–Crippen MR) is 71.2 cm³/mol. The van der Waals surface area contributed by atoms with E-state index < -0.39 is 0 Å². The van der Waals surface area contributed by atoms with Crippen molar-refractivity contribution in [3.8, 4) is 6.07 Å². The van der Waals surface area contributed by atoms with Gasteiger partial charge >= 0.3 is 0 Å². The molecule has 2 rings (SSSR count). The molecule has 0 radical (unpaired) electrons. The number of piperidine rings is 1. The first kappa shape index (κ1) is 13.1. The molecule has 1 unspecified atom stereocenters. The highest BCUT2D eigenvalue weighted by molar-refractivity contribution is 5.37. The van der Waals surface area contributed by atoms with E-state index in [0.717, 1.165) is 25.1 Å². The number of nitrogens with zero attached hydrogens (tertiary/aromatic N) is 1. The van der Waals surface area contributed by atoms with E-state index in [2.05, 4.69) is 18.3 Å². The third kappa shape index (κ3) is 3.10. The lowest BCUT2D eigenvalue weighted by Crippen LogP contribution is -2.45. The number of aryl methyl sites for hydroxylation is 1. The molecule has 1 aromatic rings. The number of rotatable bonds is 3. The van der Waals surface area contributed by atoms with Gasteiger partial charge in [-0.25, -0.2) is 0 Å². The number of ether oxygens (including phenoxy) is 1. The van der Waals surface area contributed by atoms with Gasteiger partial charge in [-0.1, -0.05) is 6.07 Å². The predicted octanol–water partition coefficient (Wildman–Crippen LogP) is 2.53. The van der Waals surface area contributed by atoms with E-state index >= 15 is 0 Å². The van der Waals surface area contributed by atoms with E-state index in [1.165, 1.54) is 12.0 Å². The fourth-order valence-corrected chi connectivity index (χ4v) is 2.33. The van der Waals surface area contributed by atoms with Gasteiger partial charge in [-0.2, -0.15) is 5.26 Å². The van der Waals surface area contributed by atoms with Crippen LogP contribution in [0, 0.1) is 18.3 Å². The van der Waals surface area contributed by atoms with Crippen molar-refractivity contribution in [2.75, 3.05) is 13.1 Å². The molecule has 96 valence electrons. The minimum absolute atomic E-state index is 0.0570. The van der Waals surface area contributed by atoms with Gasteiger partial charge in [0.1, 0.15) is 0 Å². The van der Waals surface area contributed by atoms with Crippen molar-refractivity contribution in [3.63, 3.8) is 0 Å². The Balaban J connectivity index is 2.00. The summed E-state index contributed by atoms with van der Waals surface area (Å²) >= 11 is 0. The van der Waals surface area contributed by atoms with Crippen molar-refractivity contribution in [3.05, 3.63) is 34.9 Å². The smallest absolute Gasteiger partial charge is 0.0991 e. The van der Waals surface area contributed by atoms with E-state index in [1.54, 1.807) is 0 Å². The zero-order valence-corrected chi connectivity index (χ0v) is 11.1. The summed E-state index contributed by atoms with van der Waals surface area (Å²) in [5, 5.41) is 12.2. The summed E-state index contributed by atoms with van der Waals surface area (Å²) in [5.74, 6) is 0. The van der Waals surface area contributed by atoms with Gasteiger partial charge in [0.2, 0.25) is 0 Å². The summed E-state index contributed by atoms with van der Waals surface area (Å²) in [6.07, 6.45) is 2.28. The highest BCUT2D eigenvalue weighted by Gasteiger charge is 2.27. The van der Waals surface area contributed by atoms with Gasteiger partial charge in [-0.3, -0.25) is 0 Å². The molecule has 1 aliphatic rings. The van der Waals surface area contributed by atoms with Crippen molar-refractivity contribution in [1.29, 1.82) is 5.26 Å². The first-order chi connectivity index (χ1) is 8.63. The van der Waals surface area contributed by atoms with Gasteiger partial charge in [0.25, 0.3) is 0 Å². The van der Waals surface area contributed by atoms with Crippen LogP contribution in [0.1, 0.15) is 36.5 Å². The maximum absolute atomic E-state index is 8.84. The van der Waals surface area contributed by atoms with Crippen LogP contribution in [0.4, 0.5) is 0 Å². The number of nitriles is 1. The Kier molecular flexibility index (Phi) is 4.00. The fourth-order valence-electron chi connectivity index (χ4n) is 2.33. The minimum atomic E-state index is -0.0570. The molecule has 0 spiro atoms. The number of hydrogen-bond acceptors (Lipinski definition) is 3. The van der Waals surface area contributed by atoms with E-state index in [-0.39, 0.29) is 5.60 Å². The average molecular weight is 244 g/mol. The van der Waals surface area contributed by atoms with Crippen LogP contribution >= 0.6 is 0 Å². The highest BCUT2D eigenvalue weighted by atomic mass is 16.5. The lowest BCUT2D eigenvalue weighted by atomic mass is 9.96. The first-order valence-electron chi connectivity index (χ1n) is 6.47. The van der Waals surface area contributed by atoms with Crippen molar-refractivity contribution in [2.45, 2.75) is 38.9 Å². The number of hydrogen-bond donors (Lipinski definition) is 1. The Bertz CT molecular complexity index is 456. The second kappa shape index (κ2) is 5.51. The minimum Gasteiger partial charge on any atom is -0.369 e. The molecule has 1 fully saturated rings. The van der Waals surface area contributed by atoms with Crippen LogP contribution in [0.5, 0.6) is 0 Å². The molecule has 1 heterocycles. The molecule has 1 saturated heterocycles. The van der Waals surface area contributed by atoms with Gasteiger partial charge in [-0.05, 0) is 56.5 Å². The third-order valence-corrected chi connectivity index (χ3v) is 3.61. The topological polar surface area (TPSA) is 45.0 Å². The maximum atomic E-state index is 8.84. The van der Waals surface area contributed by atoms with Crippen molar-refractivity contribution in [1.82, 2.24) is 5.32 Å². The largest absolute Gasteiger partial charge is 0.369 e. The van der Waals surface area contributed by atoms with E-state index in [0.29, 0.717) is 12.2 Å². The molecule has 0 aliphatic carbocycles. The lowest BCUT2D eigenvalue weighted by molar-refractivity contribution is -0.0572. The molecule has 0 bridgehead atoms. The fraction of sp³-hybridized carbons (Fsp3) is 0.533. The van der Waals surface area contributed by atoms with Crippen LogP contribution < -0.4 is 5.32 Å². The molecule has 1 atom stereocenters. The Morgan fingerprint density at radius 3 is 2.94 bits per heavy atom. The van der Waals surface area contributed by atoms with Crippen molar-refractivity contribution >= 4 is 0 Å². The monoisotopic (exact) mass is 244 g/mol. The van der Waals surface area contributed by atoms with E-state index in [9.17, 15) is 0 Å². The SMILES string of the molecule is Cc1cc(C#N)ccc1COC1(C)CCCNC1. The molecule has 3 nitrogen and oxygen atoms in total. The van der Waals surface area contributed by atoms with Gasteiger partial charge in [0.05, 0.1) is 23.8 Å². The Morgan fingerprint density at radius 1 is 1.50 bits per heavy atom. The Hall–Kier alpha value is -1.37. The molecule has 18 heavy (non-hydrogen) atoms. The molecule has 1 N–H and O–H groups in total. The quantitative estimate of drug-likeness (QED) is 0.888. The van der Waals surface area contributed by atoms with Gasteiger partial charge in [-0.15, -0.1) is 0 Å². The van der Waals surface area contributed by atoms with Crippen LogP contribution in [-0.4, -0.2) is 18.7 Å². The molecule has 1 aliphatic heterocycles. The maximum Gasteiger partial charge on any atom is 0.0991 e. The molecule has 0 amide bonds. The van der Waals surface area contributed by atoms with Crippen LogP contribution in [-0.2, 0) is 11.3 Å². The zero-order valence-electron chi connectivity index (χ0n) is 11.1. The third-order valence-electron chi connectivity index (χ3n) is 3.61. The van der Waals surface area contributed by atoms with E-state index in [1.807, 2.05) is 25.1 Å². The average Bonchev–Trinajstić information content (AvgIpc) is 2.38. The molecule has 3 heteroatoms. The summed E-state index contributed by atoms with van der Waals surface area (Å²) in [5.41, 5.74) is 2.95. The summed E-state index contributed by atoms with van der Waals surface area (Å²) in [7, 11) is 0. The Labute approximate surface area is 109 Å². The van der Waals surface area contributed by atoms with Crippen LogP contribution in [0.2, 0.25) is 0 Å². The summed E-state index contributed by atoms with van der Waals surface area (Å²) in [4.78, 5) is 0. The molecule has 0 saturated carbocycles. The van der Waals surface area contributed by atoms with Crippen LogP contribution in [0.15, 0.2) is 18.2 Å². The second-order valence-corrected chi connectivity index (χ2v) is 5.27. The molecular formula is C15H20N2O. The zero-order chi connectivity index (χ0) is 13.0. The van der Waals surface area contributed by atoms with Crippen molar-refractivity contribution in [2.24, 2.45) is 0 Å². The van der Waals surface area contributed by atoms with Gasteiger partial charge in [0.15, 0.2) is 0 Å². The van der Waals surface area contributed by atoms with Gasteiger partial charge in [0, 0.05) is 6.54 Å². The summed E-state index contributed by atoms with van der Waals surface area (Å²) < 4.78 is 6.07. The summed E-state index contributed by atoms with van der Waals surface area (Å²) in [6.45, 7) is 6.83. The molecule has 0 aromatic heterocycles.